The second kappa shape index (κ2) is 8.87. The van der Waals surface area contributed by atoms with E-state index in [9.17, 15) is 13.2 Å². The van der Waals surface area contributed by atoms with Crippen LogP contribution >= 0.6 is 0 Å². The van der Waals surface area contributed by atoms with Crippen molar-refractivity contribution < 1.29 is 22.3 Å². The van der Waals surface area contributed by atoms with Gasteiger partial charge in [0.2, 0.25) is 0 Å². The van der Waals surface area contributed by atoms with Crippen molar-refractivity contribution in [3.8, 4) is 16.9 Å². The molecule has 12 heteroatoms. The molecular weight excluding hydrogens is 475 g/mol. The molecule has 1 saturated carbocycles. The lowest BCUT2D eigenvalue weighted by Gasteiger charge is -2.17. The summed E-state index contributed by atoms with van der Waals surface area (Å²) in [5.41, 5.74) is 1.31. The number of carbonyl (C=O) groups excluding carboxylic acids is 1. The Balaban J connectivity index is 1.65. The first-order valence-corrected chi connectivity index (χ1v) is 12.1. The molecule has 2 aromatic heterocycles. The minimum atomic E-state index is -4.21. The minimum absolute atomic E-state index is 0.0387. The molecule has 1 N–H and O–H groups in total. The van der Waals surface area contributed by atoms with E-state index in [1.807, 2.05) is 0 Å². The van der Waals surface area contributed by atoms with Crippen LogP contribution in [0, 0.1) is 5.82 Å². The van der Waals surface area contributed by atoms with E-state index in [0.29, 0.717) is 11.3 Å². The van der Waals surface area contributed by atoms with Gasteiger partial charge in [0.05, 0.1) is 29.0 Å². The lowest BCUT2D eigenvalue weighted by atomic mass is 10.1. The summed E-state index contributed by atoms with van der Waals surface area (Å²) in [4.78, 5) is 16.3. The normalized spacial score (nSPS) is 13.4. The zero-order valence-corrected chi connectivity index (χ0v) is 19.2. The zero-order valence-electron chi connectivity index (χ0n) is 18.4. The van der Waals surface area contributed by atoms with Crippen LogP contribution in [0.25, 0.3) is 16.9 Å². The van der Waals surface area contributed by atoms with Crippen molar-refractivity contribution >= 4 is 21.7 Å². The number of hydrogen-bond acceptors (Lipinski definition) is 8. The van der Waals surface area contributed by atoms with Gasteiger partial charge in [-0.25, -0.2) is 17.6 Å². The molecule has 178 valence electrons. The fraction of sp³-hybridized carbons (Fsp3) is 0.174. The molecule has 1 aliphatic rings. The van der Waals surface area contributed by atoms with Crippen molar-refractivity contribution in [1.82, 2.24) is 25.2 Å². The number of pyridine rings is 1. The maximum absolute atomic E-state index is 15.0. The quantitative estimate of drug-likeness (QED) is 0.388. The van der Waals surface area contributed by atoms with E-state index in [1.54, 1.807) is 30.3 Å². The Labute approximate surface area is 199 Å². The van der Waals surface area contributed by atoms with Gasteiger partial charge in [-0.2, -0.15) is 4.68 Å². The van der Waals surface area contributed by atoms with Crippen LogP contribution in [0.2, 0.25) is 0 Å². The first-order chi connectivity index (χ1) is 16.9. The summed E-state index contributed by atoms with van der Waals surface area (Å²) < 4.78 is 50.8. The number of nitrogens with zero attached hydrogens (tertiary/aromatic N) is 5. The van der Waals surface area contributed by atoms with Gasteiger partial charge in [0.15, 0.2) is 0 Å². The maximum atomic E-state index is 15.0. The Morgan fingerprint density at radius 2 is 2.00 bits per heavy atom. The van der Waals surface area contributed by atoms with Crippen LogP contribution in [0.5, 0.6) is 0 Å². The molecule has 35 heavy (non-hydrogen) atoms. The van der Waals surface area contributed by atoms with Crippen molar-refractivity contribution in [2.75, 3.05) is 11.8 Å². The number of ether oxygens (including phenoxy) is 1. The smallest absolute Gasteiger partial charge is 0.337 e. The monoisotopic (exact) mass is 494 g/mol. The Hall–Kier alpha value is -4.19. The third kappa shape index (κ3) is 4.47. The number of benzene rings is 2. The molecule has 0 unspecified atom stereocenters. The SMILES string of the molecule is COC(=O)c1ccc(C2CC2)c(S(=O)(=O)Nc2cc(-n3cnnn3)c(F)cc2-c2ccccn2)c1. The van der Waals surface area contributed by atoms with Crippen LogP contribution in [-0.4, -0.2) is 46.7 Å². The number of methoxy groups -OCH3 is 1. The highest BCUT2D eigenvalue weighted by molar-refractivity contribution is 7.92. The van der Waals surface area contributed by atoms with E-state index in [2.05, 4.69) is 25.2 Å². The predicted octanol–water partition coefficient (Wildman–Crippen LogP) is 3.33. The van der Waals surface area contributed by atoms with Crippen LogP contribution in [0.1, 0.15) is 34.7 Å². The molecule has 0 bridgehead atoms. The average molecular weight is 495 g/mol. The van der Waals surface area contributed by atoms with Crippen LogP contribution in [0.4, 0.5) is 10.1 Å². The number of rotatable bonds is 7. The molecule has 0 spiro atoms. The van der Waals surface area contributed by atoms with Gasteiger partial charge in [-0.3, -0.25) is 9.71 Å². The Bertz CT molecular complexity index is 1510. The zero-order chi connectivity index (χ0) is 24.6. The number of tetrazole rings is 1. The Morgan fingerprint density at radius 1 is 1.17 bits per heavy atom. The third-order valence-corrected chi connectivity index (χ3v) is 7.03. The first-order valence-electron chi connectivity index (χ1n) is 10.6. The second-order valence-electron chi connectivity index (χ2n) is 7.94. The summed E-state index contributed by atoms with van der Waals surface area (Å²) in [6.45, 7) is 0. The van der Waals surface area contributed by atoms with Gasteiger partial charge in [0.25, 0.3) is 10.0 Å². The van der Waals surface area contributed by atoms with Crippen LogP contribution in [-0.2, 0) is 14.8 Å². The van der Waals surface area contributed by atoms with Crippen LogP contribution in [0.15, 0.2) is 66.0 Å². The molecular formula is C23H19FN6O4S. The number of anilines is 1. The largest absolute Gasteiger partial charge is 0.465 e. The number of nitrogens with one attached hydrogen (secondary N) is 1. The van der Waals surface area contributed by atoms with Gasteiger partial charge >= 0.3 is 5.97 Å². The molecule has 0 radical (unpaired) electrons. The molecule has 0 saturated heterocycles. The van der Waals surface area contributed by atoms with Gasteiger partial charge < -0.3 is 4.74 Å². The van der Waals surface area contributed by atoms with E-state index in [4.69, 9.17) is 4.74 Å². The number of carbonyl (C=O) groups is 1. The van der Waals surface area contributed by atoms with Crippen LogP contribution in [0.3, 0.4) is 0 Å². The summed E-state index contributed by atoms with van der Waals surface area (Å²) in [5, 5.41) is 10.7. The van der Waals surface area contributed by atoms with E-state index < -0.39 is 21.8 Å². The highest BCUT2D eigenvalue weighted by Crippen LogP contribution is 2.44. The lowest BCUT2D eigenvalue weighted by molar-refractivity contribution is 0.0600. The van der Waals surface area contributed by atoms with Crippen molar-refractivity contribution in [3.05, 3.63) is 78.0 Å². The summed E-state index contributed by atoms with van der Waals surface area (Å²) in [7, 11) is -2.99. The molecule has 0 aliphatic heterocycles. The third-order valence-electron chi connectivity index (χ3n) is 5.61. The Morgan fingerprint density at radius 3 is 2.66 bits per heavy atom. The van der Waals surface area contributed by atoms with Gasteiger partial charge in [0.1, 0.15) is 17.8 Å². The predicted molar refractivity (Wildman–Crippen MR) is 123 cm³/mol. The molecule has 1 fully saturated rings. The summed E-state index contributed by atoms with van der Waals surface area (Å²) in [6.07, 6.45) is 4.41. The van der Waals surface area contributed by atoms with Gasteiger partial charge in [-0.1, -0.05) is 12.1 Å². The standard InChI is InChI=1S/C23H19FN6O4S/c1-34-23(31)15-7-8-16(14-5-6-14)22(10-15)35(32,33)27-20-12-21(30-13-26-28-29-30)18(24)11-17(20)19-4-2-3-9-25-19/h2-4,7-14,27H,5-6H2,1H3. The summed E-state index contributed by atoms with van der Waals surface area (Å²) >= 11 is 0. The molecule has 0 atom stereocenters. The van der Waals surface area contributed by atoms with Gasteiger partial charge in [0, 0.05) is 11.8 Å². The first kappa shape index (κ1) is 22.6. The molecule has 5 rings (SSSR count). The van der Waals surface area contributed by atoms with E-state index in [0.717, 1.165) is 17.5 Å². The molecule has 2 aromatic carbocycles. The number of halogens is 1. The average Bonchev–Trinajstić information content (AvgIpc) is 3.58. The second-order valence-corrected chi connectivity index (χ2v) is 9.59. The van der Waals surface area contributed by atoms with E-state index in [-0.39, 0.29) is 33.3 Å². The summed E-state index contributed by atoms with van der Waals surface area (Å²) in [5.74, 6) is -1.25. The minimum Gasteiger partial charge on any atom is -0.465 e. The Kier molecular flexibility index (Phi) is 5.73. The van der Waals surface area contributed by atoms with Crippen molar-refractivity contribution in [1.29, 1.82) is 0 Å². The van der Waals surface area contributed by atoms with Crippen molar-refractivity contribution in [3.63, 3.8) is 0 Å². The maximum Gasteiger partial charge on any atom is 0.337 e. The number of esters is 1. The number of hydrogen-bond donors (Lipinski definition) is 1. The molecule has 10 nitrogen and oxygen atoms in total. The molecule has 4 aromatic rings. The topological polar surface area (TPSA) is 129 Å². The van der Waals surface area contributed by atoms with Gasteiger partial charge in [-0.15, -0.1) is 5.10 Å². The van der Waals surface area contributed by atoms with E-state index >= 15 is 4.39 Å². The van der Waals surface area contributed by atoms with Crippen molar-refractivity contribution in [2.45, 2.75) is 23.7 Å². The van der Waals surface area contributed by atoms with Crippen molar-refractivity contribution in [2.24, 2.45) is 0 Å². The molecule has 2 heterocycles. The molecule has 1 aliphatic carbocycles. The highest BCUT2D eigenvalue weighted by atomic mass is 32.2. The summed E-state index contributed by atoms with van der Waals surface area (Å²) in [6, 6.07) is 12.0. The van der Waals surface area contributed by atoms with E-state index in [1.165, 1.54) is 37.8 Å². The van der Waals surface area contributed by atoms with Crippen LogP contribution < -0.4 is 4.72 Å². The molecule has 0 amide bonds. The highest BCUT2D eigenvalue weighted by Gasteiger charge is 2.32. The van der Waals surface area contributed by atoms with Gasteiger partial charge in [-0.05, 0) is 71.1 Å². The lowest BCUT2D eigenvalue weighted by Crippen LogP contribution is -2.17. The number of aromatic nitrogens is 5. The fourth-order valence-corrected chi connectivity index (χ4v) is 5.17. The number of sulfonamides is 1. The fourth-order valence-electron chi connectivity index (χ4n) is 3.77.